The summed E-state index contributed by atoms with van der Waals surface area (Å²) in [6, 6.07) is 0. The van der Waals surface area contributed by atoms with Crippen LogP contribution in [0.4, 0.5) is 0 Å². The van der Waals surface area contributed by atoms with Gasteiger partial charge in [-0.25, -0.2) is 0 Å². The Morgan fingerprint density at radius 1 is 0.737 bits per heavy atom. The van der Waals surface area contributed by atoms with E-state index in [4.69, 9.17) is 0 Å². The first-order chi connectivity index (χ1) is 9.43. The van der Waals surface area contributed by atoms with E-state index in [-0.39, 0.29) is 0 Å². The molecular formula is C16H35N3. The fraction of sp³-hybridized carbons (Fsp3) is 1.00. The molecule has 0 saturated carbocycles. The number of rotatable bonds is 13. The van der Waals surface area contributed by atoms with E-state index in [2.05, 4.69) is 22.5 Å². The molecule has 1 rings (SSSR count). The number of likely N-dealkylation sites (tertiary alicyclic amines) is 1. The molecule has 1 aliphatic heterocycles. The zero-order chi connectivity index (χ0) is 13.6. The zero-order valence-corrected chi connectivity index (χ0v) is 13.1. The fourth-order valence-electron chi connectivity index (χ4n) is 2.70. The molecule has 0 aliphatic carbocycles. The smallest absolute Gasteiger partial charge is 0.0107 e. The Labute approximate surface area is 120 Å². The number of hydrogen-bond acceptors (Lipinski definition) is 3. The highest BCUT2D eigenvalue weighted by atomic mass is 15.1. The first-order valence-electron chi connectivity index (χ1n) is 8.57. The molecule has 1 aliphatic rings. The first-order valence-corrected chi connectivity index (χ1v) is 8.57. The molecule has 2 N–H and O–H groups in total. The summed E-state index contributed by atoms with van der Waals surface area (Å²) in [6.07, 6.45) is 11.2. The van der Waals surface area contributed by atoms with Crippen LogP contribution < -0.4 is 10.6 Å². The minimum Gasteiger partial charge on any atom is -0.315 e. The molecule has 1 fully saturated rings. The van der Waals surface area contributed by atoms with E-state index >= 15 is 0 Å². The SMILES string of the molecule is CCCCCCCCNCCNCCN1CCCC1. The van der Waals surface area contributed by atoms with Gasteiger partial charge in [-0.05, 0) is 38.9 Å². The first kappa shape index (κ1) is 16.9. The average Bonchev–Trinajstić information content (AvgIpc) is 2.93. The van der Waals surface area contributed by atoms with Crippen molar-refractivity contribution in [3.63, 3.8) is 0 Å². The van der Waals surface area contributed by atoms with Gasteiger partial charge in [0.25, 0.3) is 0 Å². The molecule has 114 valence electrons. The summed E-state index contributed by atoms with van der Waals surface area (Å²) in [4.78, 5) is 2.57. The predicted octanol–water partition coefficient (Wildman–Crippen LogP) is 2.62. The van der Waals surface area contributed by atoms with E-state index in [0.717, 1.165) is 19.6 Å². The highest BCUT2D eigenvalue weighted by Crippen LogP contribution is 2.05. The largest absolute Gasteiger partial charge is 0.315 e. The van der Waals surface area contributed by atoms with Crippen LogP contribution in [0.25, 0.3) is 0 Å². The number of hydrogen-bond donors (Lipinski definition) is 2. The van der Waals surface area contributed by atoms with Gasteiger partial charge in [0.1, 0.15) is 0 Å². The van der Waals surface area contributed by atoms with Crippen molar-refractivity contribution in [2.45, 2.75) is 58.3 Å². The van der Waals surface area contributed by atoms with Gasteiger partial charge in [0.05, 0.1) is 0 Å². The second-order valence-electron chi connectivity index (χ2n) is 5.82. The second kappa shape index (κ2) is 12.9. The molecular weight excluding hydrogens is 234 g/mol. The maximum absolute atomic E-state index is 3.53. The Morgan fingerprint density at radius 2 is 1.37 bits per heavy atom. The van der Waals surface area contributed by atoms with E-state index in [0.29, 0.717) is 0 Å². The highest BCUT2D eigenvalue weighted by molar-refractivity contribution is 4.66. The third kappa shape index (κ3) is 10.3. The van der Waals surface area contributed by atoms with Gasteiger partial charge >= 0.3 is 0 Å². The summed E-state index contributed by atoms with van der Waals surface area (Å²) in [5.41, 5.74) is 0. The fourth-order valence-corrected chi connectivity index (χ4v) is 2.70. The maximum atomic E-state index is 3.53. The third-order valence-corrected chi connectivity index (χ3v) is 3.99. The van der Waals surface area contributed by atoms with E-state index in [1.165, 1.54) is 77.5 Å². The van der Waals surface area contributed by atoms with E-state index < -0.39 is 0 Å². The molecule has 3 nitrogen and oxygen atoms in total. The van der Waals surface area contributed by atoms with Crippen LogP contribution in [0.1, 0.15) is 58.3 Å². The molecule has 3 heteroatoms. The van der Waals surface area contributed by atoms with Crippen molar-refractivity contribution in [1.82, 2.24) is 15.5 Å². The van der Waals surface area contributed by atoms with Crippen LogP contribution in [0.2, 0.25) is 0 Å². The van der Waals surface area contributed by atoms with Crippen LogP contribution in [0.3, 0.4) is 0 Å². The Bertz CT molecular complexity index is 179. The lowest BCUT2D eigenvalue weighted by Gasteiger charge is -2.14. The molecule has 1 saturated heterocycles. The quantitative estimate of drug-likeness (QED) is 0.503. The molecule has 0 atom stereocenters. The van der Waals surface area contributed by atoms with Gasteiger partial charge in [-0.15, -0.1) is 0 Å². The minimum atomic E-state index is 1.11. The van der Waals surface area contributed by atoms with Gasteiger partial charge < -0.3 is 15.5 Å². The van der Waals surface area contributed by atoms with Crippen molar-refractivity contribution in [2.24, 2.45) is 0 Å². The normalized spacial score (nSPS) is 16.3. The van der Waals surface area contributed by atoms with Crippen LogP contribution in [-0.4, -0.2) is 50.7 Å². The van der Waals surface area contributed by atoms with Gasteiger partial charge in [0.15, 0.2) is 0 Å². The number of nitrogens with one attached hydrogen (secondary N) is 2. The monoisotopic (exact) mass is 269 g/mol. The highest BCUT2D eigenvalue weighted by Gasteiger charge is 2.09. The standard InChI is InChI=1S/C16H35N3/c1-2-3-4-5-6-7-10-17-11-12-18-13-16-19-14-8-9-15-19/h17-18H,2-16H2,1H3. The van der Waals surface area contributed by atoms with Crippen molar-refractivity contribution in [2.75, 3.05) is 45.8 Å². The van der Waals surface area contributed by atoms with Crippen LogP contribution in [0, 0.1) is 0 Å². The average molecular weight is 269 g/mol. The summed E-state index contributed by atoms with van der Waals surface area (Å²) in [5.74, 6) is 0. The van der Waals surface area contributed by atoms with Crippen LogP contribution >= 0.6 is 0 Å². The number of nitrogens with zero attached hydrogens (tertiary/aromatic N) is 1. The van der Waals surface area contributed by atoms with Crippen LogP contribution in [0.5, 0.6) is 0 Å². The van der Waals surface area contributed by atoms with Crippen molar-refractivity contribution in [3.05, 3.63) is 0 Å². The van der Waals surface area contributed by atoms with Crippen molar-refractivity contribution < 1.29 is 0 Å². The van der Waals surface area contributed by atoms with Gasteiger partial charge in [-0.1, -0.05) is 39.0 Å². The lowest BCUT2D eigenvalue weighted by atomic mass is 10.1. The molecule has 0 amide bonds. The van der Waals surface area contributed by atoms with Crippen LogP contribution in [-0.2, 0) is 0 Å². The molecule has 0 unspecified atom stereocenters. The summed E-state index contributed by atoms with van der Waals surface area (Å²) >= 11 is 0. The van der Waals surface area contributed by atoms with Crippen LogP contribution in [0.15, 0.2) is 0 Å². The van der Waals surface area contributed by atoms with Gasteiger partial charge in [-0.3, -0.25) is 0 Å². The Hall–Kier alpha value is -0.120. The van der Waals surface area contributed by atoms with E-state index in [1.807, 2.05) is 0 Å². The predicted molar refractivity (Wildman–Crippen MR) is 84.8 cm³/mol. The number of unbranched alkanes of at least 4 members (excludes halogenated alkanes) is 5. The van der Waals surface area contributed by atoms with Crippen molar-refractivity contribution in [3.8, 4) is 0 Å². The summed E-state index contributed by atoms with van der Waals surface area (Å²) in [5, 5.41) is 7.06. The van der Waals surface area contributed by atoms with Gasteiger partial charge in [-0.2, -0.15) is 0 Å². The zero-order valence-electron chi connectivity index (χ0n) is 13.1. The Balaban J connectivity index is 1.67. The lowest BCUT2D eigenvalue weighted by Crippen LogP contribution is -2.34. The Kier molecular flexibility index (Phi) is 11.5. The lowest BCUT2D eigenvalue weighted by molar-refractivity contribution is 0.336. The summed E-state index contributed by atoms with van der Waals surface area (Å²) in [7, 11) is 0. The summed E-state index contributed by atoms with van der Waals surface area (Å²) in [6.45, 7) is 10.7. The van der Waals surface area contributed by atoms with Gasteiger partial charge in [0, 0.05) is 26.2 Å². The molecule has 0 aromatic heterocycles. The van der Waals surface area contributed by atoms with Crippen molar-refractivity contribution >= 4 is 0 Å². The molecule has 19 heavy (non-hydrogen) atoms. The van der Waals surface area contributed by atoms with E-state index in [1.54, 1.807) is 0 Å². The molecule has 0 aromatic carbocycles. The molecule has 0 bridgehead atoms. The molecule has 0 spiro atoms. The minimum absolute atomic E-state index is 1.11. The Morgan fingerprint density at radius 3 is 2.11 bits per heavy atom. The van der Waals surface area contributed by atoms with E-state index in [9.17, 15) is 0 Å². The van der Waals surface area contributed by atoms with Crippen molar-refractivity contribution in [1.29, 1.82) is 0 Å². The van der Waals surface area contributed by atoms with Gasteiger partial charge in [0.2, 0.25) is 0 Å². The third-order valence-electron chi connectivity index (χ3n) is 3.99. The topological polar surface area (TPSA) is 27.3 Å². The maximum Gasteiger partial charge on any atom is 0.0107 e. The summed E-state index contributed by atoms with van der Waals surface area (Å²) < 4.78 is 0. The molecule has 1 heterocycles. The molecule has 0 radical (unpaired) electrons. The second-order valence-corrected chi connectivity index (χ2v) is 5.82. The molecule has 0 aromatic rings.